The van der Waals surface area contributed by atoms with E-state index in [4.69, 9.17) is 4.74 Å². The Hall–Kier alpha value is -0.980. The second-order valence-corrected chi connectivity index (χ2v) is 7.60. The molecule has 0 heterocycles. The molecule has 0 aromatic heterocycles. The third-order valence-corrected chi connectivity index (χ3v) is 3.05. The van der Waals surface area contributed by atoms with E-state index in [1.54, 1.807) is 7.11 Å². The predicted octanol–water partition coefficient (Wildman–Crippen LogP) is 7.04. The van der Waals surface area contributed by atoms with Crippen LogP contribution in [0.25, 0.3) is 0 Å². The third-order valence-electron chi connectivity index (χ3n) is 3.05. The molecule has 0 bridgehead atoms. The molecule has 0 spiro atoms. The van der Waals surface area contributed by atoms with Crippen molar-refractivity contribution in [2.75, 3.05) is 7.11 Å². The summed E-state index contributed by atoms with van der Waals surface area (Å²) in [5.74, 6) is 1.05. The summed E-state index contributed by atoms with van der Waals surface area (Å²) >= 11 is 0. The lowest BCUT2D eigenvalue weighted by molar-refractivity contribution is 0.381. The highest BCUT2D eigenvalue weighted by atomic mass is 16.5. The Balaban J connectivity index is 0. The van der Waals surface area contributed by atoms with Crippen LogP contribution in [0, 0.1) is 6.92 Å². The molecule has 0 N–H and O–H groups in total. The summed E-state index contributed by atoms with van der Waals surface area (Å²) in [4.78, 5) is 0. The minimum Gasteiger partial charge on any atom is -0.496 e. The van der Waals surface area contributed by atoms with Gasteiger partial charge in [0.25, 0.3) is 0 Å². The second kappa shape index (κ2) is 9.92. The zero-order chi connectivity index (χ0) is 18.1. The van der Waals surface area contributed by atoms with Crippen LogP contribution in [0.4, 0.5) is 0 Å². The second-order valence-electron chi connectivity index (χ2n) is 7.60. The van der Waals surface area contributed by atoms with Gasteiger partial charge in [-0.05, 0) is 17.8 Å². The maximum atomic E-state index is 5.68. The number of aryl methyl sites for hydroxylation is 1. The molecular formula is C21H40O. The van der Waals surface area contributed by atoms with Gasteiger partial charge in [0.1, 0.15) is 5.75 Å². The van der Waals surface area contributed by atoms with E-state index in [2.05, 4.69) is 74.4 Å². The van der Waals surface area contributed by atoms with Crippen LogP contribution in [0.3, 0.4) is 0 Å². The SMILES string of the molecule is CC.CCC.COc1c(C(C)(C)C)cc(C)cc1C(C)(C)C. The van der Waals surface area contributed by atoms with Crippen molar-refractivity contribution < 1.29 is 4.74 Å². The van der Waals surface area contributed by atoms with E-state index < -0.39 is 0 Å². The van der Waals surface area contributed by atoms with E-state index in [1.165, 1.54) is 23.1 Å². The van der Waals surface area contributed by atoms with Crippen molar-refractivity contribution in [3.05, 3.63) is 28.8 Å². The van der Waals surface area contributed by atoms with E-state index >= 15 is 0 Å². The Morgan fingerprint density at radius 2 is 1.09 bits per heavy atom. The zero-order valence-electron chi connectivity index (χ0n) is 17.3. The molecular weight excluding hydrogens is 268 g/mol. The van der Waals surface area contributed by atoms with E-state index in [-0.39, 0.29) is 10.8 Å². The van der Waals surface area contributed by atoms with E-state index in [0.717, 1.165) is 5.75 Å². The summed E-state index contributed by atoms with van der Waals surface area (Å²) < 4.78 is 5.68. The van der Waals surface area contributed by atoms with Crippen LogP contribution in [-0.2, 0) is 10.8 Å². The summed E-state index contributed by atoms with van der Waals surface area (Å²) in [5, 5.41) is 0. The summed E-state index contributed by atoms with van der Waals surface area (Å²) in [6.45, 7) is 23.8. The highest BCUT2D eigenvalue weighted by Crippen LogP contribution is 2.40. The van der Waals surface area contributed by atoms with Crippen molar-refractivity contribution in [1.29, 1.82) is 0 Å². The molecule has 0 saturated carbocycles. The quantitative estimate of drug-likeness (QED) is 0.540. The first-order valence-electron chi connectivity index (χ1n) is 8.68. The molecule has 1 aromatic rings. The van der Waals surface area contributed by atoms with Crippen LogP contribution >= 0.6 is 0 Å². The number of hydrogen-bond donors (Lipinski definition) is 0. The van der Waals surface area contributed by atoms with Crippen molar-refractivity contribution in [3.8, 4) is 5.75 Å². The molecule has 0 radical (unpaired) electrons. The molecule has 0 aliphatic carbocycles. The van der Waals surface area contributed by atoms with Gasteiger partial charge < -0.3 is 4.74 Å². The van der Waals surface area contributed by atoms with E-state index in [0.29, 0.717) is 0 Å². The van der Waals surface area contributed by atoms with E-state index in [9.17, 15) is 0 Å². The first-order chi connectivity index (χ1) is 9.98. The normalized spacial score (nSPS) is 10.9. The van der Waals surface area contributed by atoms with Crippen LogP contribution in [0.2, 0.25) is 0 Å². The Bertz CT molecular complexity index is 382. The van der Waals surface area contributed by atoms with Crippen molar-refractivity contribution in [3.63, 3.8) is 0 Å². The summed E-state index contributed by atoms with van der Waals surface area (Å²) in [7, 11) is 1.77. The average molecular weight is 309 g/mol. The van der Waals surface area contributed by atoms with Gasteiger partial charge >= 0.3 is 0 Å². The molecule has 0 amide bonds. The van der Waals surface area contributed by atoms with Gasteiger partial charge in [-0.1, -0.05) is 93.4 Å². The zero-order valence-corrected chi connectivity index (χ0v) is 17.3. The van der Waals surface area contributed by atoms with Crippen molar-refractivity contribution >= 4 is 0 Å². The maximum absolute atomic E-state index is 5.68. The topological polar surface area (TPSA) is 9.23 Å². The highest BCUT2D eigenvalue weighted by Gasteiger charge is 2.26. The van der Waals surface area contributed by atoms with Gasteiger partial charge in [-0.25, -0.2) is 0 Å². The Kier molecular flexibility index (Phi) is 10.5. The standard InChI is InChI=1S/C16H26O.C3H8.C2H6/c1-11-9-12(15(2,3)4)14(17-8)13(10-11)16(5,6)7;1-3-2;1-2/h9-10H,1-8H3;3H2,1-2H3;1-2H3. The average Bonchev–Trinajstić information content (AvgIpc) is 2.39. The van der Waals surface area contributed by atoms with Gasteiger partial charge in [-0.3, -0.25) is 0 Å². The minimum atomic E-state index is 0.108. The van der Waals surface area contributed by atoms with Crippen molar-refractivity contribution in [2.45, 2.75) is 93.4 Å². The monoisotopic (exact) mass is 308 g/mol. The van der Waals surface area contributed by atoms with E-state index in [1.807, 2.05) is 13.8 Å². The first-order valence-corrected chi connectivity index (χ1v) is 8.68. The summed E-state index contributed by atoms with van der Waals surface area (Å²) in [6.07, 6.45) is 1.25. The molecule has 0 aliphatic rings. The fraction of sp³-hybridized carbons (Fsp3) is 0.714. The van der Waals surface area contributed by atoms with Crippen molar-refractivity contribution in [2.24, 2.45) is 0 Å². The molecule has 1 rings (SSSR count). The number of hydrogen-bond acceptors (Lipinski definition) is 1. The molecule has 0 saturated heterocycles. The molecule has 1 aromatic carbocycles. The lowest BCUT2D eigenvalue weighted by atomic mass is 9.78. The maximum Gasteiger partial charge on any atom is 0.126 e. The van der Waals surface area contributed by atoms with Gasteiger partial charge in [-0.2, -0.15) is 0 Å². The van der Waals surface area contributed by atoms with Crippen LogP contribution < -0.4 is 4.74 Å². The summed E-state index contributed by atoms with van der Waals surface area (Å²) in [5.41, 5.74) is 4.12. The predicted molar refractivity (Wildman–Crippen MR) is 102 cm³/mol. The molecule has 0 atom stereocenters. The molecule has 1 heteroatoms. The molecule has 0 fully saturated rings. The van der Waals surface area contributed by atoms with Gasteiger partial charge in [0, 0.05) is 11.1 Å². The third kappa shape index (κ3) is 7.33. The highest BCUT2D eigenvalue weighted by molar-refractivity contribution is 5.50. The Morgan fingerprint density at radius 3 is 1.27 bits per heavy atom. The van der Waals surface area contributed by atoms with Crippen molar-refractivity contribution in [1.82, 2.24) is 0 Å². The molecule has 130 valence electrons. The smallest absolute Gasteiger partial charge is 0.126 e. The van der Waals surface area contributed by atoms with Crippen LogP contribution in [0.5, 0.6) is 5.75 Å². The molecule has 0 aliphatic heterocycles. The number of benzene rings is 1. The van der Waals surface area contributed by atoms with Gasteiger partial charge in [-0.15, -0.1) is 0 Å². The Labute approximate surface area is 140 Å². The lowest BCUT2D eigenvalue weighted by Crippen LogP contribution is -2.19. The molecule has 1 nitrogen and oxygen atoms in total. The fourth-order valence-electron chi connectivity index (χ4n) is 2.11. The lowest BCUT2D eigenvalue weighted by Gasteiger charge is -2.29. The molecule has 22 heavy (non-hydrogen) atoms. The fourth-order valence-corrected chi connectivity index (χ4v) is 2.11. The first kappa shape index (κ1) is 23.3. The van der Waals surface area contributed by atoms with Gasteiger partial charge in [0.05, 0.1) is 7.11 Å². The summed E-state index contributed by atoms with van der Waals surface area (Å²) in [6, 6.07) is 4.49. The minimum absolute atomic E-state index is 0.108. The van der Waals surface area contributed by atoms with Crippen LogP contribution in [0.15, 0.2) is 12.1 Å². The van der Waals surface area contributed by atoms with Gasteiger partial charge in [0.15, 0.2) is 0 Å². The van der Waals surface area contributed by atoms with Crippen LogP contribution in [0.1, 0.15) is 92.3 Å². The Morgan fingerprint density at radius 1 is 0.818 bits per heavy atom. The number of rotatable bonds is 1. The van der Waals surface area contributed by atoms with Gasteiger partial charge in [0.2, 0.25) is 0 Å². The molecule has 0 unspecified atom stereocenters. The number of methoxy groups -OCH3 is 1. The largest absolute Gasteiger partial charge is 0.496 e. The number of ether oxygens (including phenoxy) is 1. The van der Waals surface area contributed by atoms with Crippen LogP contribution in [-0.4, -0.2) is 7.11 Å².